The zero-order valence-corrected chi connectivity index (χ0v) is 13.5. The van der Waals surface area contributed by atoms with E-state index in [1.165, 1.54) is 12.4 Å². The lowest BCUT2D eigenvalue weighted by atomic mass is 10.3. The van der Waals surface area contributed by atoms with E-state index in [4.69, 9.17) is 11.6 Å². The molecule has 2 aromatic heterocycles. The summed E-state index contributed by atoms with van der Waals surface area (Å²) in [6.45, 7) is 0. The first-order valence-corrected chi connectivity index (χ1v) is 7.28. The molecule has 0 radical (unpaired) electrons. The highest BCUT2D eigenvalue weighted by Gasteiger charge is 2.15. The summed E-state index contributed by atoms with van der Waals surface area (Å²) in [5.41, 5.74) is 1.78. The first kappa shape index (κ1) is 13.7. The zero-order chi connectivity index (χ0) is 14.3. The van der Waals surface area contributed by atoms with Crippen LogP contribution in [0.3, 0.4) is 0 Å². The summed E-state index contributed by atoms with van der Waals surface area (Å²) in [6.07, 6.45) is 3.02. The van der Waals surface area contributed by atoms with Crippen molar-refractivity contribution in [2.45, 2.75) is 0 Å². The number of hydrogen-bond donors (Lipinski definition) is 2. The lowest BCUT2D eigenvalue weighted by molar-refractivity contribution is 0.627. The number of fused-ring (bicyclic) bond motifs is 1. The number of rotatable bonds is 2. The molecule has 0 spiro atoms. The Balaban J connectivity index is 2.05. The van der Waals surface area contributed by atoms with E-state index in [0.717, 1.165) is 0 Å². The highest BCUT2D eigenvalue weighted by atomic mass is 79.9. The Labute approximate surface area is 134 Å². The first-order chi connectivity index (χ1) is 9.56. The fourth-order valence-corrected chi connectivity index (χ4v) is 3.04. The van der Waals surface area contributed by atoms with E-state index in [9.17, 15) is 4.39 Å². The van der Waals surface area contributed by atoms with Crippen molar-refractivity contribution >= 4 is 66.3 Å². The van der Waals surface area contributed by atoms with Gasteiger partial charge in [0.15, 0.2) is 5.65 Å². The maximum Gasteiger partial charge on any atom is 0.207 e. The number of nitrogens with one attached hydrogen (secondary N) is 2. The van der Waals surface area contributed by atoms with E-state index in [1.54, 1.807) is 6.20 Å². The van der Waals surface area contributed by atoms with E-state index in [1.807, 2.05) is 0 Å². The molecule has 3 rings (SSSR count). The largest absolute Gasteiger partial charge is 0.324 e. The van der Waals surface area contributed by atoms with Crippen LogP contribution in [0.15, 0.2) is 27.5 Å². The van der Waals surface area contributed by atoms with Gasteiger partial charge in [-0.25, -0.2) is 14.4 Å². The maximum atomic E-state index is 13.5. The number of benzene rings is 1. The van der Waals surface area contributed by atoms with Crippen molar-refractivity contribution < 1.29 is 4.39 Å². The van der Waals surface area contributed by atoms with Gasteiger partial charge in [0.1, 0.15) is 17.7 Å². The lowest BCUT2D eigenvalue weighted by Gasteiger charge is -2.10. The minimum atomic E-state index is -0.522. The van der Waals surface area contributed by atoms with Crippen LogP contribution in [0.1, 0.15) is 0 Å². The van der Waals surface area contributed by atoms with E-state index in [2.05, 4.69) is 57.1 Å². The van der Waals surface area contributed by atoms with Crippen molar-refractivity contribution in [3.05, 3.63) is 38.4 Å². The fraction of sp³-hybridized carbons (Fsp3) is 0. The van der Waals surface area contributed by atoms with Crippen molar-refractivity contribution in [2.24, 2.45) is 0 Å². The quantitative estimate of drug-likeness (QED) is 0.475. The van der Waals surface area contributed by atoms with Crippen LogP contribution in [0.4, 0.5) is 16.0 Å². The molecule has 0 aliphatic carbocycles. The van der Waals surface area contributed by atoms with Crippen LogP contribution in [-0.4, -0.2) is 19.9 Å². The van der Waals surface area contributed by atoms with Crippen molar-refractivity contribution in [1.29, 1.82) is 0 Å². The van der Waals surface area contributed by atoms with Crippen molar-refractivity contribution in [3.63, 3.8) is 0 Å². The first-order valence-electron chi connectivity index (χ1n) is 5.32. The maximum absolute atomic E-state index is 13.5. The van der Waals surface area contributed by atoms with Crippen LogP contribution >= 0.6 is 43.5 Å². The Kier molecular flexibility index (Phi) is 3.61. The molecule has 2 heterocycles. The molecule has 0 fully saturated rings. The predicted molar refractivity (Wildman–Crippen MR) is 81.8 cm³/mol. The van der Waals surface area contributed by atoms with Gasteiger partial charge in [0.25, 0.3) is 0 Å². The van der Waals surface area contributed by atoms with Gasteiger partial charge in [0.05, 0.1) is 21.4 Å². The minimum absolute atomic E-state index is 0.00778. The molecule has 0 saturated heterocycles. The molecule has 9 heteroatoms. The number of H-pyrrole nitrogens is 1. The van der Waals surface area contributed by atoms with Gasteiger partial charge in [-0.15, -0.1) is 0 Å². The molecule has 0 unspecified atom stereocenters. The van der Waals surface area contributed by atoms with E-state index in [0.29, 0.717) is 31.7 Å². The number of aromatic amines is 1. The Hall–Kier alpha value is -1.25. The number of imidazole rings is 1. The molecular formula is C11H5Br2ClFN5. The number of anilines is 2. The molecule has 0 aliphatic heterocycles. The number of aromatic nitrogens is 4. The molecule has 0 saturated carbocycles. The Bertz CT molecular complexity index is 774. The zero-order valence-electron chi connectivity index (χ0n) is 9.59. The Morgan fingerprint density at radius 1 is 1.35 bits per heavy atom. The van der Waals surface area contributed by atoms with Gasteiger partial charge in [0, 0.05) is 4.47 Å². The SMILES string of the molecule is Fc1cc(Br)c(Nc2nc3ncncc3[nH]2)c(Br)c1Cl. The second-order valence-electron chi connectivity index (χ2n) is 3.81. The second-order valence-corrected chi connectivity index (χ2v) is 5.84. The summed E-state index contributed by atoms with van der Waals surface area (Å²) in [6, 6.07) is 1.28. The van der Waals surface area contributed by atoms with Crippen molar-refractivity contribution in [2.75, 3.05) is 5.32 Å². The number of hydrogen-bond acceptors (Lipinski definition) is 4. The average Bonchev–Trinajstić information content (AvgIpc) is 2.83. The van der Waals surface area contributed by atoms with Gasteiger partial charge in [0.2, 0.25) is 5.95 Å². The lowest BCUT2D eigenvalue weighted by Crippen LogP contribution is -1.96. The van der Waals surface area contributed by atoms with Gasteiger partial charge in [-0.2, -0.15) is 4.98 Å². The average molecular weight is 421 g/mol. The van der Waals surface area contributed by atoms with Crippen LogP contribution in [0.25, 0.3) is 11.2 Å². The summed E-state index contributed by atoms with van der Waals surface area (Å²) in [4.78, 5) is 15.2. The summed E-state index contributed by atoms with van der Waals surface area (Å²) >= 11 is 12.4. The van der Waals surface area contributed by atoms with Crippen LogP contribution in [0.2, 0.25) is 5.02 Å². The standard InChI is InChI=1S/C11H5Br2ClFN5/c12-4-1-5(15)8(14)7(13)9(4)19-11-18-6-2-16-3-17-10(6)20-11/h1-3H,(H2,16,17,18,19,20). The molecule has 0 atom stereocenters. The molecule has 0 amide bonds. The molecule has 0 bridgehead atoms. The summed E-state index contributed by atoms with van der Waals surface area (Å²) in [7, 11) is 0. The molecule has 1 aromatic carbocycles. The van der Waals surface area contributed by atoms with E-state index < -0.39 is 5.82 Å². The molecule has 0 aliphatic rings. The van der Waals surface area contributed by atoms with Crippen molar-refractivity contribution in [1.82, 2.24) is 19.9 Å². The van der Waals surface area contributed by atoms with E-state index in [-0.39, 0.29) is 5.02 Å². The normalized spacial score (nSPS) is 11.0. The van der Waals surface area contributed by atoms with Gasteiger partial charge in [-0.3, -0.25) is 0 Å². The van der Waals surface area contributed by atoms with Gasteiger partial charge < -0.3 is 10.3 Å². The Morgan fingerprint density at radius 2 is 2.15 bits per heavy atom. The van der Waals surface area contributed by atoms with Gasteiger partial charge in [-0.05, 0) is 37.9 Å². The van der Waals surface area contributed by atoms with Crippen LogP contribution in [0.5, 0.6) is 0 Å². The van der Waals surface area contributed by atoms with E-state index >= 15 is 0 Å². The monoisotopic (exact) mass is 419 g/mol. The molecular weight excluding hydrogens is 416 g/mol. The second kappa shape index (κ2) is 5.27. The third kappa shape index (κ3) is 2.38. The topological polar surface area (TPSA) is 66.5 Å². The van der Waals surface area contributed by atoms with Crippen molar-refractivity contribution in [3.8, 4) is 0 Å². The highest BCUT2D eigenvalue weighted by molar-refractivity contribution is 9.11. The van der Waals surface area contributed by atoms with Gasteiger partial charge >= 0.3 is 0 Å². The Morgan fingerprint density at radius 3 is 2.90 bits per heavy atom. The van der Waals surface area contributed by atoms with Crippen LogP contribution < -0.4 is 5.32 Å². The molecule has 5 nitrogen and oxygen atoms in total. The van der Waals surface area contributed by atoms with Gasteiger partial charge in [-0.1, -0.05) is 11.6 Å². The highest BCUT2D eigenvalue weighted by Crippen LogP contribution is 2.39. The molecule has 20 heavy (non-hydrogen) atoms. The third-order valence-electron chi connectivity index (χ3n) is 2.52. The number of halogens is 4. The molecule has 2 N–H and O–H groups in total. The minimum Gasteiger partial charge on any atom is -0.324 e. The summed E-state index contributed by atoms with van der Waals surface area (Å²) in [5.74, 6) is -0.0731. The van der Waals surface area contributed by atoms with Crippen LogP contribution in [0, 0.1) is 5.82 Å². The smallest absolute Gasteiger partial charge is 0.207 e. The molecule has 102 valence electrons. The third-order valence-corrected chi connectivity index (χ3v) is 4.54. The predicted octanol–water partition coefficient (Wildman–Crippen LogP) is 4.41. The van der Waals surface area contributed by atoms with Crippen LogP contribution in [-0.2, 0) is 0 Å². The fourth-order valence-electron chi connectivity index (χ4n) is 1.62. The summed E-state index contributed by atoms with van der Waals surface area (Å²) < 4.78 is 14.4. The number of nitrogens with zero attached hydrogens (tertiary/aromatic N) is 3. The molecule has 3 aromatic rings. The summed E-state index contributed by atoms with van der Waals surface area (Å²) in [5, 5.41) is 3.01.